The third kappa shape index (κ3) is 13.7. The predicted octanol–water partition coefficient (Wildman–Crippen LogP) is 4.15. The Morgan fingerprint density at radius 3 is 2.12 bits per heavy atom. The maximum Gasteiger partial charge on any atom is 0.268 e. The second kappa shape index (κ2) is 23.0. The molecule has 264 valence electrons. The Hall–Kier alpha value is -4.44. The van der Waals surface area contributed by atoms with Crippen LogP contribution in [0.5, 0.6) is 5.75 Å². The minimum atomic E-state index is -0.746. The molecule has 0 bridgehead atoms. The summed E-state index contributed by atoms with van der Waals surface area (Å²) in [5, 5.41) is 11.0. The van der Waals surface area contributed by atoms with Gasteiger partial charge in [0, 0.05) is 36.6 Å². The quantitative estimate of drug-likeness (QED) is 0.205. The van der Waals surface area contributed by atoms with E-state index in [0.29, 0.717) is 60.2 Å². The molecule has 0 spiro atoms. The Labute approximate surface area is 280 Å². The first kappa shape index (κ1) is 41.6. The summed E-state index contributed by atoms with van der Waals surface area (Å²) < 4.78 is 35.4. The van der Waals surface area contributed by atoms with Gasteiger partial charge < -0.3 is 49.7 Å². The molecule has 4 unspecified atom stereocenters. The number of carbonyl (C=O) groups excluding carboxylic acids is 3. The van der Waals surface area contributed by atoms with Crippen LogP contribution in [0.25, 0.3) is 17.0 Å². The lowest BCUT2D eigenvalue weighted by atomic mass is 9.96. The lowest BCUT2D eigenvalue weighted by molar-refractivity contribution is -0.113. The molecule has 2 aromatic heterocycles. The van der Waals surface area contributed by atoms with Crippen LogP contribution in [-0.4, -0.2) is 79.0 Å². The molecule has 14 nitrogen and oxygen atoms in total. The van der Waals surface area contributed by atoms with Crippen molar-refractivity contribution in [2.45, 2.75) is 71.1 Å². The van der Waals surface area contributed by atoms with E-state index in [0.717, 1.165) is 12.2 Å². The number of hydrogen-bond acceptors (Lipinski definition) is 14. The zero-order valence-electron chi connectivity index (χ0n) is 28.6. The molecular formula is C33H48FN7O7. The van der Waals surface area contributed by atoms with Crippen LogP contribution in [-0.2, 0) is 19.1 Å². The Balaban J connectivity index is 0.000000600. The van der Waals surface area contributed by atoms with Gasteiger partial charge in [-0.05, 0) is 64.2 Å². The number of nitrogens with zero attached hydrogens (tertiary/aromatic N) is 4. The second-order valence-electron chi connectivity index (χ2n) is 10.6. The van der Waals surface area contributed by atoms with Gasteiger partial charge in [-0.15, -0.1) is 0 Å². The van der Waals surface area contributed by atoms with E-state index in [2.05, 4.69) is 38.3 Å². The fourth-order valence-electron chi connectivity index (χ4n) is 3.68. The van der Waals surface area contributed by atoms with E-state index in [9.17, 15) is 18.8 Å². The van der Waals surface area contributed by atoms with Gasteiger partial charge >= 0.3 is 0 Å². The summed E-state index contributed by atoms with van der Waals surface area (Å²) in [4.78, 5) is 38.8. The molecule has 0 saturated carbocycles. The topological polar surface area (TPSA) is 212 Å². The second-order valence-corrected chi connectivity index (χ2v) is 10.6. The molecular weight excluding hydrogens is 625 g/mol. The zero-order valence-corrected chi connectivity index (χ0v) is 28.6. The smallest absolute Gasteiger partial charge is 0.268 e. The molecule has 1 aliphatic rings. The maximum absolute atomic E-state index is 14.0. The molecule has 2 heterocycles. The lowest BCUT2D eigenvalue weighted by Crippen LogP contribution is -2.25. The standard InChI is InChI=1S/C23H23FN4O4.C5H13NO.C4H7NO2.CH5N/c1-4-19(23-26-21(28-32-23)15-5-6-16(12-29)18(24)11-15)30-17-9-7-14(8-10-17)20-25-22(13(2)3)31-27-20;1-5(6-2)4-7-3;5-4(3-7)1-2-6;1-2/h5,7-13,16,19H,4,6H2,1-3H3;5-6H,4H2,1-3H3;2-4H,1,5H2;2H2,1H3. The number of benzene rings is 1. The molecule has 1 aromatic carbocycles. The first-order valence-corrected chi connectivity index (χ1v) is 15.5. The van der Waals surface area contributed by atoms with Crippen LogP contribution < -0.4 is 21.5 Å². The molecule has 0 aliphatic heterocycles. The van der Waals surface area contributed by atoms with Crippen molar-refractivity contribution in [1.82, 2.24) is 25.6 Å². The van der Waals surface area contributed by atoms with Crippen molar-refractivity contribution < 1.29 is 37.3 Å². The number of aldehydes is 3. The summed E-state index contributed by atoms with van der Waals surface area (Å²) >= 11 is 0. The maximum atomic E-state index is 14.0. The molecule has 4 atom stereocenters. The minimum absolute atomic E-state index is 0.128. The summed E-state index contributed by atoms with van der Waals surface area (Å²) in [6.45, 7) is 8.77. The highest BCUT2D eigenvalue weighted by molar-refractivity contribution is 5.74. The van der Waals surface area contributed by atoms with Crippen LogP contribution >= 0.6 is 0 Å². The van der Waals surface area contributed by atoms with Gasteiger partial charge in [-0.1, -0.05) is 37.2 Å². The first-order valence-electron chi connectivity index (χ1n) is 15.5. The van der Waals surface area contributed by atoms with Gasteiger partial charge in [0.25, 0.3) is 5.89 Å². The molecule has 3 aromatic rings. The fourth-order valence-corrected chi connectivity index (χ4v) is 3.68. The van der Waals surface area contributed by atoms with Gasteiger partial charge in [0.2, 0.25) is 17.5 Å². The molecule has 0 radical (unpaired) electrons. The first-order chi connectivity index (χ1) is 23.1. The van der Waals surface area contributed by atoms with Gasteiger partial charge in [0.15, 0.2) is 6.10 Å². The van der Waals surface area contributed by atoms with E-state index in [1.54, 1.807) is 13.2 Å². The van der Waals surface area contributed by atoms with E-state index in [-0.39, 0.29) is 24.6 Å². The minimum Gasteiger partial charge on any atom is -0.481 e. The normalized spacial score (nSPS) is 15.4. The van der Waals surface area contributed by atoms with Crippen molar-refractivity contribution in [1.29, 1.82) is 0 Å². The summed E-state index contributed by atoms with van der Waals surface area (Å²) in [6.07, 6.45) is 5.26. The number of hydrogen-bond donors (Lipinski definition) is 3. The zero-order chi connectivity index (χ0) is 36.1. The van der Waals surface area contributed by atoms with Crippen LogP contribution in [0.15, 0.2) is 51.3 Å². The van der Waals surface area contributed by atoms with Crippen molar-refractivity contribution in [3.8, 4) is 17.1 Å². The highest BCUT2D eigenvalue weighted by Gasteiger charge is 2.24. The Morgan fingerprint density at radius 2 is 1.67 bits per heavy atom. The number of ether oxygens (including phenoxy) is 2. The monoisotopic (exact) mass is 673 g/mol. The summed E-state index contributed by atoms with van der Waals surface area (Å²) in [5.41, 5.74) is 10.8. The van der Waals surface area contributed by atoms with Crippen LogP contribution in [0.1, 0.15) is 76.6 Å². The fraction of sp³-hybridized carbons (Fsp3) is 0.485. The number of rotatable bonds is 14. The van der Waals surface area contributed by atoms with Crippen LogP contribution in [0, 0.1) is 5.92 Å². The van der Waals surface area contributed by atoms with Crippen LogP contribution in [0.4, 0.5) is 4.39 Å². The van der Waals surface area contributed by atoms with Crippen molar-refractivity contribution >= 4 is 24.4 Å². The van der Waals surface area contributed by atoms with Gasteiger partial charge in [-0.25, -0.2) is 4.39 Å². The van der Waals surface area contributed by atoms with Gasteiger partial charge in [-0.3, -0.25) is 0 Å². The van der Waals surface area contributed by atoms with E-state index in [1.165, 1.54) is 13.1 Å². The van der Waals surface area contributed by atoms with Crippen molar-refractivity contribution in [3.05, 3.63) is 59.9 Å². The third-order valence-corrected chi connectivity index (χ3v) is 6.53. The number of methoxy groups -OCH3 is 1. The number of aromatic nitrogens is 4. The highest BCUT2D eigenvalue weighted by atomic mass is 19.1. The average molecular weight is 674 g/mol. The number of nitrogens with one attached hydrogen (secondary N) is 1. The number of allylic oxidation sites excluding steroid dienone is 4. The Kier molecular flexibility index (Phi) is 19.9. The van der Waals surface area contributed by atoms with Crippen molar-refractivity contribution in [2.75, 3.05) is 27.8 Å². The van der Waals surface area contributed by atoms with E-state index in [4.69, 9.17) is 24.3 Å². The van der Waals surface area contributed by atoms with E-state index in [1.807, 2.05) is 52.1 Å². The lowest BCUT2D eigenvalue weighted by Gasteiger charge is -2.14. The number of likely N-dealkylation sites (N-methyl/N-ethyl adjacent to an activating group) is 1. The van der Waals surface area contributed by atoms with E-state index < -0.39 is 23.9 Å². The van der Waals surface area contributed by atoms with E-state index >= 15 is 0 Å². The van der Waals surface area contributed by atoms with Crippen molar-refractivity contribution in [3.63, 3.8) is 0 Å². The molecule has 0 amide bonds. The predicted molar refractivity (Wildman–Crippen MR) is 178 cm³/mol. The summed E-state index contributed by atoms with van der Waals surface area (Å²) in [6, 6.07) is 7.19. The van der Waals surface area contributed by atoms with Gasteiger partial charge in [0.1, 0.15) is 30.4 Å². The number of nitrogens with two attached hydrogens (primary N) is 2. The summed E-state index contributed by atoms with van der Waals surface area (Å²) in [5.74, 6) is 1.18. The molecule has 4 rings (SSSR count). The van der Waals surface area contributed by atoms with Gasteiger partial charge in [0.05, 0.1) is 18.6 Å². The summed E-state index contributed by atoms with van der Waals surface area (Å²) in [7, 11) is 5.12. The molecule has 48 heavy (non-hydrogen) atoms. The van der Waals surface area contributed by atoms with Crippen molar-refractivity contribution in [2.24, 2.45) is 17.4 Å². The Bertz CT molecular complexity index is 1420. The highest BCUT2D eigenvalue weighted by Crippen LogP contribution is 2.30. The third-order valence-electron chi connectivity index (χ3n) is 6.53. The van der Waals surface area contributed by atoms with Gasteiger partial charge in [-0.2, -0.15) is 9.97 Å². The van der Waals surface area contributed by atoms with Crippen LogP contribution in [0.2, 0.25) is 0 Å². The number of halogens is 1. The molecule has 0 fully saturated rings. The largest absolute Gasteiger partial charge is 0.481 e. The molecule has 0 saturated heterocycles. The average Bonchev–Trinajstić information content (AvgIpc) is 3.81. The Morgan fingerprint density at radius 1 is 1.04 bits per heavy atom. The molecule has 15 heteroatoms. The van der Waals surface area contributed by atoms with Crippen LogP contribution in [0.3, 0.4) is 0 Å². The molecule has 5 N–H and O–H groups in total. The SMILES string of the molecule is CCC(Oc1ccc(-c2noc(C(C)C)n2)cc1)c1nc(C2=CCC(C=O)C(F)=C2)no1.CN.CNC(C)COC.NC(C=O)CC=O. The molecule has 1 aliphatic carbocycles. The number of carbonyl (C=O) groups is 3.